The molecule has 5 atom stereocenters. The van der Waals surface area contributed by atoms with Crippen LogP contribution in [0.25, 0.3) is 0 Å². The van der Waals surface area contributed by atoms with Gasteiger partial charge in [0.1, 0.15) is 0 Å². The van der Waals surface area contributed by atoms with Gasteiger partial charge < -0.3 is 0 Å². The summed E-state index contributed by atoms with van der Waals surface area (Å²) in [5, 5.41) is 0. The van der Waals surface area contributed by atoms with Crippen molar-refractivity contribution in [3.05, 3.63) is 0 Å². The van der Waals surface area contributed by atoms with E-state index in [1.165, 1.54) is 64.2 Å². The van der Waals surface area contributed by atoms with Crippen molar-refractivity contribution in [3.8, 4) is 0 Å². The molecule has 0 aromatic rings. The topological polar surface area (TPSA) is 0 Å². The molecule has 0 nitrogen and oxygen atoms in total. The van der Waals surface area contributed by atoms with Crippen LogP contribution in [-0.2, 0) is 0 Å². The van der Waals surface area contributed by atoms with Crippen LogP contribution in [0.1, 0.15) is 120 Å². The predicted octanol–water partition coefficient (Wildman–Crippen LogP) is 8.74. The molecule has 0 aromatic heterocycles. The molecule has 0 spiro atoms. The minimum absolute atomic E-state index is 0.838. The fourth-order valence-electron chi connectivity index (χ4n) is 5.46. The zero-order chi connectivity index (χ0) is 18.5. The van der Waals surface area contributed by atoms with Crippen LogP contribution >= 0.6 is 0 Å². The Hall–Kier alpha value is 0. The van der Waals surface area contributed by atoms with Crippen LogP contribution in [0, 0.1) is 35.5 Å². The average molecular weight is 339 g/mol. The molecule has 0 heteroatoms. The molecule has 0 N–H and O–H groups in total. The molecule has 0 fully saturated rings. The standard InChI is InChI=1S/C24H50/c1-9-14-20(8)22(16-11-3)24(18-13-5)23(17-12-4)21(15-10-2)19(6)7/h19-24H,9-18H2,1-8H3. The van der Waals surface area contributed by atoms with E-state index in [1.807, 2.05) is 0 Å². The summed E-state index contributed by atoms with van der Waals surface area (Å²) in [4.78, 5) is 0. The highest BCUT2D eigenvalue weighted by Gasteiger charge is 2.36. The van der Waals surface area contributed by atoms with Crippen LogP contribution in [0.3, 0.4) is 0 Å². The van der Waals surface area contributed by atoms with Crippen LogP contribution < -0.4 is 0 Å². The predicted molar refractivity (Wildman–Crippen MR) is 113 cm³/mol. The molecule has 0 aliphatic carbocycles. The summed E-state index contributed by atoms with van der Waals surface area (Å²) < 4.78 is 0. The lowest BCUT2D eigenvalue weighted by Gasteiger charge is -2.42. The molecule has 146 valence electrons. The van der Waals surface area contributed by atoms with E-state index in [-0.39, 0.29) is 0 Å². The van der Waals surface area contributed by atoms with E-state index >= 15 is 0 Å². The van der Waals surface area contributed by atoms with E-state index in [4.69, 9.17) is 0 Å². The van der Waals surface area contributed by atoms with Crippen molar-refractivity contribution in [1.82, 2.24) is 0 Å². The van der Waals surface area contributed by atoms with Gasteiger partial charge in [0.15, 0.2) is 0 Å². The monoisotopic (exact) mass is 338 g/mol. The van der Waals surface area contributed by atoms with Crippen LogP contribution in [-0.4, -0.2) is 0 Å². The minimum Gasteiger partial charge on any atom is -0.0654 e. The molecule has 0 saturated carbocycles. The molecular formula is C24H50. The quantitative estimate of drug-likeness (QED) is 0.280. The molecule has 0 aliphatic rings. The van der Waals surface area contributed by atoms with Gasteiger partial charge in [-0.25, -0.2) is 0 Å². The van der Waals surface area contributed by atoms with E-state index in [0.29, 0.717) is 0 Å². The van der Waals surface area contributed by atoms with E-state index in [2.05, 4.69) is 55.4 Å². The largest absolute Gasteiger partial charge is 0.0654 e. The molecule has 0 bridgehead atoms. The first-order chi connectivity index (χ1) is 11.5. The third-order valence-electron chi connectivity index (χ3n) is 6.47. The van der Waals surface area contributed by atoms with Crippen LogP contribution in [0.4, 0.5) is 0 Å². The third-order valence-corrected chi connectivity index (χ3v) is 6.47. The smallest absolute Gasteiger partial charge is 0.0352 e. The van der Waals surface area contributed by atoms with Gasteiger partial charge in [0.05, 0.1) is 0 Å². The number of hydrogen-bond donors (Lipinski definition) is 0. The fourth-order valence-corrected chi connectivity index (χ4v) is 5.46. The summed E-state index contributed by atoms with van der Waals surface area (Å²) in [5.41, 5.74) is 0. The fraction of sp³-hybridized carbons (Fsp3) is 1.00. The average Bonchev–Trinajstić information content (AvgIpc) is 2.54. The van der Waals surface area contributed by atoms with Crippen LogP contribution in [0.15, 0.2) is 0 Å². The Labute approximate surface area is 155 Å². The second-order valence-electron chi connectivity index (χ2n) is 8.82. The lowest BCUT2D eigenvalue weighted by atomic mass is 9.63. The first kappa shape index (κ1) is 24.0. The molecule has 0 radical (unpaired) electrons. The molecule has 0 amide bonds. The second kappa shape index (κ2) is 14.2. The highest BCUT2D eigenvalue weighted by atomic mass is 14.4. The van der Waals surface area contributed by atoms with Crippen molar-refractivity contribution in [1.29, 1.82) is 0 Å². The van der Waals surface area contributed by atoms with E-state index in [9.17, 15) is 0 Å². The van der Waals surface area contributed by atoms with Crippen LogP contribution in [0.2, 0.25) is 0 Å². The summed E-state index contributed by atoms with van der Waals surface area (Å²) in [6.07, 6.45) is 14.0. The van der Waals surface area contributed by atoms with Gasteiger partial charge in [-0.15, -0.1) is 0 Å². The Balaban J connectivity index is 5.58. The molecule has 24 heavy (non-hydrogen) atoms. The van der Waals surface area contributed by atoms with Gasteiger partial charge in [-0.3, -0.25) is 0 Å². The van der Waals surface area contributed by atoms with Crippen molar-refractivity contribution in [2.24, 2.45) is 35.5 Å². The van der Waals surface area contributed by atoms with Crippen molar-refractivity contribution >= 4 is 0 Å². The molecular weight excluding hydrogens is 288 g/mol. The van der Waals surface area contributed by atoms with E-state index in [0.717, 1.165) is 35.5 Å². The molecule has 5 unspecified atom stereocenters. The number of rotatable bonds is 15. The van der Waals surface area contributed by atoms with Gasteiger partial charge in [-0.1, -0.05) is 120 Å². The lowest BCUT2D eigenvalue weighted by molar-refractivity contribution is 0.0697. The lowest BCUT2D eigenvalue weighted by Crippen LogP contribution is -2.34. The first-order valence-corrected chi connectivity index (χ1v) is 11.5. The Bertz CT molecular complexity index is 267. The summed E-state index contributed by atoms with van der Waals surface area (Å²) >= 11 is 0. The highest BCUT2D eigenvalue weighted by Crippen LogP contribution is 2.44. The Morgan fingerprint density at radius 2 is 0.750 bits per heavy atom. The Morgan fingerprint density at radius 1 is 0.417 bits per heavy atom. The molecule has 0 aromatic carbocycles. The van der Waals surface area contributed by atoms with Gasteiger partial charge in [-0.05, 0) is 35.5 Å². The molecule has 0 aliphatic heterocycles. The zero-order valence-corrected chi connectivity index (χ0v) is 18.5. The van der Waals surface area contributed by atoms with Crippen molar-refractivity contribution in [2.75, 3.05) is 0 Å². The Morgan fingerprint density at radius 3 is 1.12 bits per heavy atom. The SMILES string of the molecule is CCCC(C)C(CCC)C(CCC)C(CCC)C(CCC)C(C)C. The molecule has 0 saturated heterocycles. The maximum Gasteiger partial charge on any atom is -0.0352 e. The van der Waals surface area contributed by atoms with Crippen molar-refractivity contribution in [2.45, 2.75) is 120 Å². The Kier molecular flexibility index (Phi) is 14.2. The van der Waals surface area contributed by atoms with Gasteiger partial charge in [-0.2, -0.15) is 0 Å². The normalized spacial score (nSPS) is 18.4. The summed E-state index contributed by atoms with van der Waals surface area (Å²) in [5.74, 6) is 5.52. The van der Waals surface area contributed by atoms with Gasteiger partial charge in [0.2, 0.25) is 0 Å². The van der Waals surface area contributed by atoms with Gasteiger partial charge >= 0.3 is 0 Å². The first-order valence-electron chi connectivity index (χ1n) is 11.5. The van der Waals surface area contributed by atoms with Crippen molar-refractivity contribution in [3.63, 3.8) is 0 Å². The second-order valence-corrected chi connectivity index (χ2v) is 8.82. The summed E-state index contributed by atoms with van der Waals surface area (Å²) in [6.45, 7) is 19.5. The maximum absolute atomic E-state index is 2.56. The highest BCUT2D eigenvalue weighted by molar-refractivity contribution is 4.85. The van der Waals surface area contributed by atoms with E-state index < -0.39 is 0 Å². The minimum atomic E-state index is 0.838. The zero-order valence-electron chi connectivity index (χ0n) is 18.5. The van der Waals surface area contributed by atoms with Gasteiger partial charge in [0.25, 0.3) is 0 Å². The van der Waals surface area contributed by atoms with E-state index in [1.54, 1.807) is 0 Å². The van der Waals surface area contributed by atoms with Crippen LogP contribution in [0.5, 0.6) is 0 Å². The third kappa shape index (κ3) is 7.92. The molecule has 0 heterocycles. The summed E-state index contributed by atoms with van der Waals surface area (Å²) in [6, 6.07) is 0. The molecule has 0 rings (SSSR count). The van der Waals surface area contributed by atoms with Crippen molar-refractivity contribution < 1.29 is 0 Å². The summed E-state index contributed by atoms with van der Waals surface area (Å²) in [7, 11) is 0. The number of hydrogen-bond acceptors (Lipinski definition) is 0. The van der Waals surface area contributed by atoms with Gasteiger partial charge in [0, 0.05) is 0 Å². The maximum atomic E-state index is 2.56.